The van der Waals surface area contributed by atoms with Crippen LogP contribution < -0.4 is 0 Å². The van der Waals surface area contributed by atoms with Crippen LogP contribution in [-0.4, -0.2) is 27.4 Å². The lowest BCUT2D eigenvalue weighted by atomic mass is 10.5. The molecule has 0 unspecified atom stereocenters. The van der Waals surface area contributed by atoms with Crippen molar-refractivity contribution in [2.24, 2.45) is 0 Å². The molecule has 0 aromatic carbocycles. The lowest BCUT2D eigenvalue weighted by Gasteiger charge is -2.24. The zero-order valence-electron chi connectivity index (χ0n) is 4.56. The molecule has 0 amide bonds. The minimum absolute atomic E-state index is 0.226. The van der Waals surface area contributed by atoms with E-state index in [1.807, 2.05) is 0 Å². The lowest BCUT2D eigenvalue weighted by molar-refractivity contribution is 0.155. The molecule has 0 radical (unpaired) electrons. The summed E-state index contributed by atoms with van der Waals surface area (Å²) in [6.45, 7) is 0. The molecule has 9 heavy (non-hydrogen) atoms. The Morgan fingerprint density at radius 2 is 2.11 bits per heavy atom. The number of phosphoric acid groups is 1. The lowest BCUT2D eigenvalue weighted by Crippen LogP contribution is -2.26. The summed E-state index contributed by atoms with van der Waals surface area (Å²) in [5.74, 6) is 1.40. The monoisotopic (exact) mass is 170 g/mol. The second-order valence-corrected chi connectivity index (χ2v) is 4.02. The smallest absolute Gasteiger partial charge is 0.303 e. The third-order valence-corrected chi connectivity index (χ3v) is 2.68. The van der Waals surface area contributed by atoms with Crippen LogP contribution in [0.15, 0.2) is 0 Å². The Hall–Kier alpha value is 0.460. The van der Waals surface area contributed by atoms with Gasteiger partial charge in [0.2, 0.25) is 0 Å². The van der Waals surface area contributed by atoms with Gasteiger partial charge < -0.3 is 9.79 Å². The van der Waals surface area contributed by atoms with E-state index in [4.69, 9.17) is 9.79 Å². The molecule has 1 saturated heterocycles. The number of phosphoric ester groups is 1. The van der Waals surface area contributed by atoms with E-state index < -0.39 is 7.82 Å². The second kappa shape index (κ2) is 2.60. The van der Waals surface area contributed by atoms with Gasteiger partial charge >= 0.3 is 7.82 Å². The number of hydrogen-bond donors (Lipinski definition) is 2. The normalized spacial score (nSPS) is 21.6. The summed E-state index contributed by atoms with van der Waals surface area (Å²) in [5, 5.41) is 0. The van der Waals surface area contributed by atoms with E-state index in [0.29, 0.717) is 11.5 Å². The SMILES string of the molecule is O=P(O)(O)OC1CSC1. The third kappa shape index (κ3) is 2.69. The van der Waals surface area contributed by atoms with Crippen LogP contribution in [0.25, 0.3) is 0 Å². The summed E-state index contributed by atoms with van der Waals surface area (Å²) in [7, 11) is -4.20. The summed E-state index contributed by atoms with van der Waals surface area (Å²) in [5.41, 5.74) is 0. The van der Waals surface area contributed by atoms with Gasteiger partial charge in [-0.3, -0.25) is 4.52 Å². The Bertz CT molecular complexity index is 139. The van der Waals surface area contributed by atoms with Crippen LogP contribution in [0.2, 0.25) is 0 Å². The molecule has 6 heteroatoms. The van der Waals surface area contributed by atoms with Crippen LogP contribution in [0.3, 0.4) is 0 Å². The molecular weight excluding hydrogens is 163 g/mol. The van der Waals surface area contributed by atoms with Gasteiger partial charge in [-0.25, -0.2) is 4.57 Å². The minimum atomic E-state index is -4.20. The Labute approximate surface area is 56.8 Å². The Morgan fingerprint density at radius 3 is 2.22 bits per heavy atom. The minimum Gasteiger partial charge on any atom is -0.303 e. The average Bonchev–Trinajstić information content (AvgIpc) is 1.53. The topological polar surface area (TPSA) is 66.8 Å². The molecule has 1 aliphatic rings. The summed E-state index contributed by atoms with van der Waals surface area (Å²) >= 11 is 1.62. The van der Waals surface area contributed by atoms with Gasteiger partial charge in [-0.1, -0.05) is 0 Å². The maximum atomic E-state index is 10.1. The molecule has 0 aromatic rings. The van der Waals surface area contributed by atoms with Crippen LogP contribution in [0.4, 0.5) is 0 Å². The van der Waals surface area contributed by atoms with E-state index in [0.717, 1.165) is 0 Å². The molecule has 4 nitrogen and oxygen atoms in total. The largest absolute Gasteiger partial charge is 0.469 e. The van der Waals surface area contributed by atoms with Crippen molar-refractivity contribution in [3.8, 4) is 0 Å². The summed E-state index contributed by atoms with van der Waals surface area (Å²) in [6, 6.07) is 0. The van der Waals surface area contributed by atoms with Gasteiger partial charge in [0.15, 0.2) is 0 Å². The quantitative estimate of drug-likeness (QED) is 0.580. The number of rotatable bonds is 2. The van der Waals surface area contributed by atoms with E-state index in [1.54, 1.807) is 11.8 Å². The van der Waals surface area contributed by atoms with E-state index in [9.17, 15) is 4.57 Å². The van der Waals surface area contributed by atoms with Crippen molar-refractivity contribution < 1.29 is 18.9 Å². The molecule has 0 bridgehead atoms. The molecule has 2 N–H and O–H groups in total. The van der Waals surface area contributed by atoms with Crippen molar-refractivity contribution in [3.63, 3.8) is 0 Å². The molecule has 0 aromatic heterocycles. The zero-order valence-corrected chi connectivity index (χ0v) is 6.27. The molecule has 0 spiro atoms. The molecule has 1 rings (SSSR count). The highest BCUT2D eigenvalue weighted by Crippen LogP contribution is 2.41. The van der Waals surface area contributed by atoms with E-state index in [2.05, 4.69) is 4.52 Å². The van der Waals surface area contributed by atoms with Gasteiger partial charge in [-0.15, -0.1) is 0 Å². The fourth-order valence-corrected chi connectivity index (χ4v) is 1.77. The summed E-state index contributed by atoms with van der Waals surface area (Å²) in [6.07, 6.45) is -0.226. The predicted octanol–water partition coefficient (Wildman–Crippen LogP) is 0.211. The van der Waals surface area contributed by atoms with E-state index in [-0.39, 0.29) is 6.10 Å². The van der Waals surface area contributed by atoms with Gasteiger partial charge in [-0.2, -0.15) is 11.8 Å². The van der Waals surface area contributed by atoms with Gasteiger partial charge in [0.05, 0.1) is 6.10 Å². The van der Waals surface area contributed by atoms with E-state index >= 15 is 0 Å². The van der Waals surface area contributed by atoms with Crippen LogP contribution in [0, 0.1) is 0 Å². The third-order valence-electron chi connectivity index (χ3n) is 0.894. The highest BCUT2D eigenvalue weighted by Gasteiger charge is 2.27. The van der Waals surface area contributed by atoms with Gasteiger partial charge in [-0.05, 0) is 0 Å². The maximum absolute atomic E-state index is 10.1. The first-order valence-corrected chi connectivity index (χ1v) is 5.08. The summed E-state index contributed by atoms with van der Waals surface area (Å²) in [4.78, 5) is 16.5. The van der Waals surface area contributed by atoms with Crippen molar-refractivity contribution in [1.82, 2.24) is 0 Å². The van der Waals surface area contributed by atoms with Crippen molar-refractivity contribution >= 4 is 19.6 Å². The highest BCUT2D eigenvalue weighted by atomic mass is 32.2. The molecular formula is C3H7O4PS. The highest BCUT2D eigenvalue weighted by molar-refractivity contribution is 8.00. The van der Waals surface area contributed by atoms with Crippen LogP contribution in [0.5, 0.6) is 0 Å². The van der Waals surface area contributed by atoms with Gasteiger partial charge in [0, 0.05) is 11.5 Å². The first-order chi connectivity index (χ1) is 4.08. The van der Waals surface area contributed by atoms with E-state index in [1.165, 1.54) is 0 Å². The molecule has 0 aliphatic carbocycles. The standard InChI is InChI=1S/C3H7O4PS/c4-8(5,6)7-3-1-9-2-3/h3H,1-2H2,(H2,4,5,6). The zero-order chi connectivity index (χ0) is 6.91. The number of thioether (sulfide) groups is 1. The fourth-order valence-electron chi connectivity index (χ4n) is 0.469. The first kappa shape index (κ1) is 7.57. The molecule has 0 saturated carbocycles. The number of hydrogen-bond acceptors (Lipinski definition) is 3. The van der Waals surface area contributed by atoms with Gasteiger partial charge in [0.1, 0.15) is 0 Å². The van der Waals surface area contributed by atoms with Crippen molar-refractivity contribution in [2.75, 3.05) is 11.5 Å². The van der Waals surface area contributed by atoms with Gasteiger partial charge in [0.25, 0.3) is 0 Å². The van der Waals surface area contributed by atoms with Crippen LogP contribution in [-0.2, 0) is 9.09 Å². The Morgan fingerprint density at radius 1 is 1.56 bits per heavy atom. The molecule has 0 atom stereocenters. The summed E-state index contributed by atoms with van der Waals surface area (Å²) < 4.78 is 14.4. The maximum Gasteiger partial charge on any atom is 0.469 e. The second-order valence-electron chi connectivity index (χ2n) is 1.76. The van der Waals surface area contributed by atoms with Crippen molar-refractivity contribution in [2.45, 2.75) is 6.10 Å². The molecule has 1 heterocycles. The molecule has 1 fully saturated rings. The molecule has 1 aliphatic heterocycles. The average molecular weight is 170 g/mol. The molecule has 54 valence electrons. The predicted molar refractivity (Wildman–Crippen MR) is 34.2 cm³/mol. The Balaban J connectivity index is 2.24. The van der Waals surface area contributed by atoms with Crippen LogP contribution >= 0.6 is 19.6 Å². The first-order valence-electron chi connectivity index (χ1n) is 2.39. The van der Waals surface area contributed by atoms with Crippen LogP contribution in [0.1, 0.15) is 0 Å². The fraction of sp³-hybridized carbons (Fsp3) is 1.00. The Kier molecular flexibility index (Phi) is 2.18. The van der Waals surface area contributed by atoms with Crippen molar-refractivity contribution in [1.29, 1.82) is 0 Å². The van der Waals surface area contributed by atoms with Crippen molar-refractivity contribution in [3.05, 3.63) is 0 Å².